The molecule has 0 aliphatic carbocycles. The molecule has 0 radical (unpaired) electrons. The Hall–Kier alpha value is -0.230. The number of thiophene rings is 1. The average molecular weight is 393 g/mol. The van der Waals surface area contributed by atoms with E-state index < -0.39 is 0 Å². The molecule has 0 bridgehead atoms. The lowest BCUT2D eigenvalue weighted by Gasteiger charge is -2.13. The van der Waals surface area contributed by atoms with Crippen LogP contribution in [0.15, 0.2) is 38.6 Å². The summed E-state index contributed by atoms with van der Waals surface area (Å²) in [7, 11) is 0. The fraction of sp³-hybridized carbons (Fsp3) is 0.231. The van der Waals surface area contributed by atoms with Crippen molar-refractivity contribution in [2.24, 2.45) is 0 Å². The standard InChI is InChI=1S/C13H12Br2FNS/c1-8(13-11(15)4-5-18-13)17-7-9-6-10(14)2-3-12(9)16/h2-6,8,17H,7H2,1H3. The van der Waals surface area contributed by atoms with Gasteiger partial charge in [-0.1, -0.05) is 15.9 Å². The van der Waals surface area contributed by atoms with Crippen LogP contribution in [0.4, 0.5) is 4.39 Å². The van der Waals surface area contributed by atoms with Crippen LogP contribution in [-0.2, 0) is 6.54 Å². The Morgan fingerprint density at radius 3 is 2.78 bits per heavy atom. The highest BCUT2D eigenvalue weighted by atomic mass is 79.9. The summed E-state index contributed by atoms with van der Waals surface area (Å²) in [5.41, 5.74) is 0.670. The Morgan fingerprint density at radius 1 is 1.33 bits per heavy atom. The normalized spacial score (nSPS) is 12.7. The minimum Gasteiger partial charge on any atom is -0.305 e. The molecular weight excluding hydrogens is 381 g/mol. The zero-order chi connectivity index (χ0) is 13.1. The zero-order valence-electron chi connectivity index (χ0n) is 9.71. The molecule has 18 heavy (non-hydrogen) atoms. The summed E-state index contributed by atoms with van der Waals surface area (Å²) >= 11 is 8.55. The molecule has 1 aromatic carbocycles. The maximum atomic E-state index is 13.6. The molecule has 0 aliphatic heterocycles. The first-order valence-corrected chi connectivity index (χ1v) is 7.94. The molecule has 1 atom stereocenters. The third kappa shape index (κ3) is 3.41. The Labute approximate surface area is 127 Å². The molecule has 0 aliphatic rings. The molecule has 0 fully saturated rings. The smallest absolute Gasteiger partial charge is 0.127 e. The van der Waals surface area contributed by atoms with Crippen LogP contribution >= 0.6 is 43.2 Å². The van der Waals surface area contributed by atoms with E-state index in [9.17, 15) is 4.39 Å². The van der Waals surface area contributed by atoms with Gasteiger partial charge in [-0.2, -0.15) is 0 Å². The lowest BCUT2D eigenvalue weighted by atomic mass is 10.2. The average Bonchev–Trinajstić information content (AvgIpc) is 2.76. The van der Waals surface area contributed by atoms with Crippen LogP contribution in [0.2, 0.25) is 0 Å². The molecule has 0 saturated heterocycles. The topological polar surface area (TPSA) is 12.0 Å². The molecule has 2 aromatic rings. The second kappa shape index (κ2) is 6.28. The van der Waals surface area contributed by atoms with Gasteiger partial charge in [-0.25, -0.2) is 4.39 Å². The summed E-state index contributed by atoms with van der Waals surface area (Å²) in [6.45, 7) is 2.59. The number of rotatable bonds is 4. The van der Waals surface area contributed by atoms with Crippen LogP contribution in [0, 0.1) is 5.82 Å². The van der Waals surface area contributed by atoms with Crippen LogP contribution < -0.4 is 5.32 Å². The van der Waals surface area contributed by atoms with Gasteiger partial charge in [-0.15, -0.1) is 11.3 Å². The highest BCUT2D eigenvalue weighted by Gasteiger charge is 2.11. The van der Waals surface area contributed by atoms with Crippen LogP contribution in [0.25, 0.3) is 0 Å². The Balaban J connectivity index is 2.03. The van der Waals surface area contributed by atoms with E-state index >= 15 is 0 Å². The Morgan fingerprint density at radius 2 is 2.11 bits per heavy atom. The summed E-state index contributed by atoms with van der Waals surface area (Å²) in [6, 6.07) is 7.21. The number of benzene rings is 1. The summed E-state index contributed by atoms with van der Waals surface area (Å²) in [4.78, 5) is 1.23. The van der Waals surface area contributed by atoms with Gasteiger partial charge in [0.25, 0.3) is 0 Å². The summed E-state index contributed by atoms with van der Waals surface area (Å²) < 4.78 is 15.6. The van der Waals surface area contributed by atoms with Crippen molar-refractivity contribution in [1.29, 1.82) is 0 Å². The van der Waals surface area contributed by atoms with Crippen molar-refractivity contribution in [3.8, 4) is 0 Å². The van der Waals surface area contributed by atoms with Crippen molar-refractivity contribution in [3.05, 3.63) is 54.8 Å². The molecule has 5 heteroatoms. The summed E-state index contributed by atoms with van der Waals surface area (Å²) in [5, 5.41) is 5.37. The van der Waals surface area contributed by atoms with Crippen molar-refractivity contribution in [2.75, 3.05) is 0 Å². The predicted octanol–water partition coefficient (Wildman–Crippen LogP) is 5.26. The van der Waals surface area contributed by atoms with Gasteiger partial charge in [0.1, 0.15) is 5.82 Å². The van der Waals surface area contributed by atoms with Gasteiger partial charge in [-0.3, -0.25) is 0 Å². The highest BCUT2D eigenvalue weighted by Crippen LogP contribution is 2.29. The van der Waals surface area contributed by atoms with Crippen LogP contribution in [-0.4, -0.2) is 0 Å². The highest BCUT2D eigenvalue weighted by molar-refractivity contribution is 9.10. The van der Waals surface area contributed by atoms with E-state index in [0.29, 0.717) is 12.1 Å². The molecule has 1 nitrogen and oxygen atoms in total. The third-order valence-corrected chi connectivity index (χ3v) is 5.19. The van der Waals surface area contributed by atoms with Crippen LogP contribution in [0.3, 0.4) is 0 Å². The van der Waals surface area contributed by atoms with Crippen LogP contribution in [0.1, 0.15) is 23.4 Å². The van der Waals surface area contributed by atoms with Crippen molar-refractivity contribution >= 4 is 43.2 Å². The van der Waals surface area contributed by atoms with Gasteiger partial charge in [0.05, 0.1) is 0 Å². The molecule has 0 amide bonds. The maximum Gasteiger partial charge on any atom is 0.127 e. The molecule has 1 heterocycles. The summed E-state index contributed by atoms with van der Waals surface area (Å²) in [6.07, 6.45) is 0. The molecule has 1 unspecified atom stereocenters. The van der Waals surface area contributed by atoms with E-state index in [2.05, 4.69) is 44.1 Å². The Kier molecular flexibility index (Phi) is 4.95. The van der Waals surface area contributed by atoms with Crippen LogP contribution in [0.5, 0.6) is 0 Å². The second-order valence-corrected chi connectivity index (χ2v) is 6.69. The van der Waals surface area contributed by atoms with E-state index in [-0.39, 0.29) is 11.9 Å². The number of nitrogens with one attached hydrogen (secondary N) is 1. The molecule has 2 rings (SSSR count). The lowest BCUT2D eigenvalue weighted by molar-refractivity contribution is 0.548. The third-order valence-electron chi connectivity index (χ3n) is 2.64. The van der Waals surface area contributed by atoms with Crippen molar-refractivity contribution in [3.63, 3.8) is 0 Å². The first-order valence-electron chi connectivity index (χ1n) is 5.48. The van der Waals surface area contributed by atoms with Gasteiger partial charge < -0.3 is 5.32 Å². The van der Waals surface area contributed by atoms with Gasteiger partial charge in [-0.05, 0) is 52.5 Å². The SMILES string of the molecule is CC(NCc1cc(Br)ccc1F)c1sccc1Br. The first kappa shape index (κ1) is 14.2. The van der Waals surface area contributed by atoms with Gasteiger partial charge in [0.2, 0.25) is 0 Å². The van der Waals surface area contributed by atoms with Crippen molar-refractivity contribution in [1.82, 2.24) is 5.32 Å². The fourth-order valence-electron chi connectivity index (χ4n) is 1.65. The van der Waals surface area contributed by atoms with E-state index in [1.165, 1.54) is 10.9 Å². The van der Waals surface area contributed by atoms with Gasteiger partial charge >= 0.3 is 0 Å². The zero-order valence-corrected chi connectivity index (χ0v) is 13.7. The first-order chi connectivity index (χ1) is 8.58. The monoisotopic (exact) mass is 391 g/mol. The van der Waals surface area contributed by atoms with E-state index in [1.807, 2.05) is 11.4 Å². The fourth-order valence-corrected chi connectivity index (χ4v) is 3.81. The van der Waals surface area contributed by atoms with Crippen molar-refractivity contribution < 1.29 is 4.39 Å². The maximum absolute atomic E-state index is 13.6. The minimum absolute atomic E-state index is 0.178. The molecule has 0 spiro atoms. The second-order valence-electron chi connectivity index (χ2n) is 3.97. The molecule has 1 N–H and O–H groups in total. The van der Waals surface area contributed by atoms with E-state index in [4.69, 9.17) is 0 Å². The van der Waals surface area contributed by atoms with Gasteiger partial charge in [0, 0.05) is 32.0 Å². The number of hydrogen-bond acceptors (Lipinski definition) is 2. The van der Waals surface area contributed by atoms with Crippen molar-refractivity contribution in [2.45, 2.75) is 19.5 Å². The lowest BCUT2D eigenvalue weighted by Crippen LogP contribution is -2.18. The largest absolute Gasteiger partial charge is 0.305 e. The minimum atomic E-state index is -0.178. The van der Waals surface area contributed by atoms with E-state index in [0.717, 1.165) is 8.95 Å². The van der Waals surface area contributed by atoms with Gasteiger partial charge in [0.15, 0.2) is 0 Å². The quantitative estimate of drug-likeness (QED) is 0.747. The number of halogens is 3. The predicted molar refractivity (Wildman–Crippen MR) is 81.4 cm³/mol. The molecular formula is C13H12Br2FNS. The Bertz CT molecular complexity index is 542. The summed E-state index contributed by atoms with van der Waals surface area (Å²) in [5.74, 6) is -0.178. The molecule has 96 valence electrons. The molecule has 0 saturated carbocycles. The van der Waals surface area contributed by atoms with E-state index in [1.54, 1.807) is 23.5 Å². The molecule has 1 aromatic heterocycles. The number of hydrogen-bond donors (Lipinski definition) is 1.